The number of hydrogen-bond donors (Lipinski definition) is 0. The molecule has 0 aliphatic rings. The third-order valence-corrected chi connectivity index (χ3v) is 1.71. The van der Waals surface area contributed by atoms with E-state index >= 15 is 0 Å². The second-order valence-corrected chi connectivity index (χ2v) is 2.26. The minimum absolute atomic E-state index is 1.07. The van der Waals surface area contributed by atoms with Gasteiger partial charge in [0, 0.05) is 11.6 Å². The summed E-state index contributed by atoms with van der Waals surface area (Å²) in [5.74, 6) is 0. The Morgan fingerprint density at radius 1 is 1.86 bits per heavy atom. The highest BCUT2D eigenvalue weighted by Crippen LogP contribution is 2.02. The molecule has 0 aliphatic heterocycles. The predicted octanol–water partition coefficient (Wildman–Crippen LogP) is 1.71. The second kappa shape index (κ2) is 2.07. The van der Waals surface area contributed by atoms with Crippen LogP contribution in [0.5, 0.6) is 0 Å². The SMILES string of the molecule is CCc1nccs1. The lowest BCUT2D eigenvalue weighted by Gasteiger charge is -1.77. The highest BCUT2D eigenvalue weighted by atomic mass is 32.1. The van der Waals surface area contributed by atoms with E-state index in [1.807, 2.05) is 11.6 Å². The Morgan fingerprint density at radius 3 is 3.00 bits per heavy atom. The Hall–Kier alpha value is -0.370. The van der Waals surface area contributed by atoms with Gasteiger partial charge in [0.1, 0.15) is 0 Å². The zero-order valence-corrected chi connectivity index (χ0v) is 5.03. The number of aryl methyl sites for hydroxylation is 1. The molecule has 1 heterocycles. The van der Waals surface area contributed by atoms with Gasteiger partial charge in [0.2, 0.25) is 0 Å². The highest BCUT2D eigenvalue weighted by molar-refractivity contribution is 7.09. The van der Waals surface area contributed by atoms with E-state index in [1.54, 1.807) is 11.3 Å². The summed E-state index contributed by atoms with van der Waals surface area (Å²) in [6, 6.07) is 0. The molecule has 0 saturated carbocycles. The van der Waals surface area contributed by atoms with Crippen LogP contribution in [0, 0.1) is 0 Å². The first-order chi connectivity index (χ1) is 3.43. The van der Waals surface area contributed by atoms with Crippen LogP contribution in [0.3, 0.4) is 0 Å². The van der Waals surface area contributed by atoms with Gasteiger partial charge < -0.3 is 0 Å². The van der Waals surface area contributed by atoms with E-state index in [-0.39, 0.29) is 0 Å². The van der Waals surface area contributed by atoms with Crippen molar-refractivity contribution in [2.45, 2.75) is 13.3 Å². The standard InChI is InChI=1S/C5H7NS/c1-2-5-6-3-4-7-5/h3-4H,2H2,1H3. The van der Waals surface area contributed by atoms with E-state index in [0.717, 1.165) is 6.42 Å². The monoisotopic (exact) mass is 113 g/mol. The topological polar surface area (TPSA) is 12.9 Å². The molecule has 0 unspecified atom stereocenters. The lowest BCUT2D eigenvalue weighted by molar-refractivity contribution is 1.09. The van der Waals surface area contributed by atoms with Crippen LogP contribution in [-0.4, -0.2) is 4.98 Å². The molecule has 1 rings (SSSR count). The highest BCUT2D eigenvalue weighted by Gasteiger charge is 1.84. The van der Waals surface area contributed by atoms with Crippen molar-refractivity contribution in [3.05, 3.63) is 16.6 Å². The van der Waals surface area contributed by atoms with E-state index in [4.69, 9.17) is 0 Å². The minimum Gasteiger partial charge on any atom is -0.250 e. The summed E-state index contributed by atoms with van der Waals surface area (Å²) in [5.41, 5.74) is 0. The zero-order chi connectivity index (χ0) is 5.11. The first-order valence-corrected chi connectivity index (χ1v) is 3.20. The summed E-state index contributed by atoms with van der Waals surface area (Å²) in [5, 5.41) is 3.22. The molecule has 0 N–H and O–H groups in total. The molecule has 1 aromatic heterocycles. The maximum atomic E-state index is 4.05. The second-order valence-electron chi connectivity index (χ2n) is 1.28. The quantitative estimate of drug-likeness (QED) is 0.540. The summed E-state index contributed by atoms with van der Waals surface area (Å²) in [4.78, 5) is 4.05. The van der Waals surface area contributed by atoms with Crippen molar-refractivity contribution in [3.8, 4) is 0 Å². The summed E-state index contributed by atoms with van der Waals surface area (Å²) in [6.45, 7) is 2.11. The minimum atomic E-state index is 1.07. The Morgan fingerprint density at radius 2 is 2.71 bits per heavy atom. The molecule has 38 valence electrons. The van der Waals surface area contributed by atoms with Crippen LogP contribution >= 0.6 is 11.3 Å². The summed E-state index contributed by atoms with van der Waals surface area (Å²) in [7, 11) is 0. The van der Waals surface area contributed by atoms with Gasteiger partial charge in [-0.1, -0.05) is 6.92 Å². The van der Waals surface area contributed by atoms with Crippen LogP contribution in [0.25, 0.3) is 0 Å². The summed E-state index contributed by atoms with van der Waals surface area (Å²) in [6.07, 6.45) is 2.90. The third kappa shape index (κ3) is 0.996. The van der Waals surface area contributed by atoms with Gasteiger partial charge in [0.25, 0.3) is 0 Å². The molecule has 0 fully saturated rings. The lowest BCUT2D eigenvalue weighted by Crippen LogP contribution is -1.70. The first-order valence-electron chi connectivity index (χ1n) is 2.32. The number of thiazole rings is 1. The van der Waals surface area contributed by atoms with Gasteiger partial charge in [-0.25, -0.2) is 4.98 Å². The van der Waals surface area contributed by atoms with Gasteiger partial charge in [0.05, 0.1) is 5.01 Å². The van der Waals surface area contributed by atoms with Crippen molar-refractivity contribution in [1.29, 1.82) is 0 Å². The molecule has 0 atom stereocenters. The molecule has 2 heteroatoms. The van der Waals surface area contributed by atoms with Gasteiger partial charge >= 0.3 is 0 Å². The van der Waals surface area contributed by atoms with Crippen LogP contribution < -0.4 is 0 Å². The molecule has 1 nitrogen and oxygen atoms in total. The van der Waals surface area contributed by atoms with Crippen LogP contribution in [0.2, 0.25) is 0 Å². The lowest BCUT2D eigenvalue weighted by atomic mass is 10.5. The Labute approximate surface area is 47.0 Å². The number of hydrogen-bond acceptors (Lipinski definition) is 2. The van der Waals surface area contributed by atoms with Crippen molar-refractivity contribution in [3.63, 3.8) is 0 Å². The van der Waals surface area contributed by atoms with E-state index in [2.05, 4.69) is 11.9 Å². The maximum Gasteiger partial charge on any atom is 0.0922 e. The number of rotatable bonds is 1. The average Bonchev–Trinajstić information content (AvgIpc) is 2.14. The van der Waals surface area contributed by atoms with Crippen molar-refractivity contribution in [2.75, 3.05) is 0 Å². The normalized spacial score (nSPS) is 9.29. The molecule has 0 spiro atoms. The van der Waals surface area contributed by atoms with Gasteiger partial charge in [-0.2, -0.15) is 0 Å². The zero-order valence-electron chi connectivity index (χ0n) is 4.22. The first kappa shape index (κ1) is 4.78. The van der Waals surface area contributed by atoms with Crippen molar-refractivity contribution in [2.24, 2.45) is 0 Å². The van der Waals surface area contributed by atoms with E-state index in [1.165, 1.54) is 5.01 Å². The molecular formula is C5H7NS. The predicted molar refractivity (Wildman–Crippen MR) is 31.5 cm³/mol. The Kier molecular flexibility index (Phi) is 1.42. The van der Waals surface area contributed by atoms with Gasteiger partial charge in [-0.05, 0) is 6.42 Å². The molecular weight excluding hydrogens is 106 g/mol. The van der Waals surface area contributed by atoms with Gasteiger partial charge in [-0.15, -0.1) is 11.3 Å². The fraction of sp³-hybridized carbons (Fsp3) is 0.400. The average molecular weight is 113 g/mol. The van der Waals surface area contributed by atoms with Crippen LogP contribution in [0.1, 0.15) is 11.9 Å². The number of nitrogens with zero attached hydrogens (tertiary/aromatic N) is 1. The molecule has 7 heavy (non-hydrogen) atoms. The largest absolute Gasteiger partial charge is 0.250 e. The van der Waals surface area contributed by atoms with Crippen LogP contribution in [-0.2, 0) is 6.42 Å². The summed E-state index contributed by atoms with van der Waals surface area (Å²) >= 11 is 1.71. The molecule has 0 aromatic carbocycles. The van der Waals surface area contributed by atoms with E-state index in [9.17, 15) is 0 Å². The third-order valence-electron chi connectivity index (χ3n) is 0.786. The molecule has 0 aliphatic carbocycles. The summed E-state index contributed by atoms with van der Waals surface area (Å²) < 4.78 is 0. The Balaban J connectivity index is 2.76. The molecule has 0 radical (unpaired) electrons. The maximum absolute atomic E-state index is 4.05. The van der Waals surface area contributed by atoms with E-state index in [0.29, 0.717) is 0 Å². The van der Waals surface area contributed by atoms with E-state index < -0.39 is 0 Å². The van der Waals surface area contributed by atoms with Gasteiger partial charge in [-0.3, -0.25) is 0 Å². The van der Waals surface area contributed by atoms with Crippen molar-refractivity contribution < 1.29 is 0 Å². The fourth-order valence-electron chi connectivity index (χ4n) is 0.428. The molecule has 0 saturated heterocycles. The molecule has 0 amide bonds. The van der Waals surface area contributed by atoms with Gasteiger partial charge in [0.15, 0.2) is 0 Å². The van der Waals surface area contributed by atoms with Crippen molar-refractivity contribution >= 4 is 11.3 Å². The Bertz CT molecular complexity index is 123. The molecule has 0 bridgehead atoms. The smallest absolute Gasteiger partial charge is 0.0922 e. The van der Waals surface area contributed by atoms with Crippen molar-refractivity contribution in [1.82, 2.24) is 4.98 Å². The number of aromatic nitrogens is 1. The van der Waals surface area contributed by atoms with Crippen LogP contribution in [0.4, 0.5) is 0 Å². The van der Waals surface area contributed by atoms with Crippen LogP contribution in [0.15, 0.2) is 11.6 Å². The fourth-order valence-corrected chi connectivity index (χ4v) is 0.995. The molecule has 1 aromatic rings.